The minimum absolute atomic E-state index is 0.549. The van der Waals surface area contributed by atoms with E-state index in [9.17, 15) is 22.8 Å². The number of esters is 1. The monoisotopic (exact) mass is 363 g/mol. The predicted molar refractivity (Wildman–Crippen MR) is 90.7 cm³/mol. The molecule has 2 rings (SSSR count). The fourth-order valence-electron chi connectivity index (χ4n) is 2.06. The number of nitrogens with one attached hydrogen (secondary N) is 1. The molecule has 1 amide bonds. The van der Waals surface area contributed by atoms with Crippen molar-refractivity contribution in [3.8, 4) is 0 Å². The number of ether oxygens (including phenoxy) is 1. The molecule has 2 aromatic carbocycles. The minimum Gasteiger partial charge on any atom is -0.449 e. The molecule has 0 fully saturated rings. The summed E-state index contributed by atoms with van der Waals surface area (Å²) in [7, 11) is 0. The van der Waals surface area contributed by atoms with Crippen LogP contribution >= 0.6 is 0 Å². The maximum Gasteiger partial charge on any atom is 0.331 e. The van der Waals surface area contributed by atoms with E-state index in [-0.39, 0.29) is 0 Å². The van der Waals surface area contributed by atoms with Crippen molar-refractivity contribution in [2.75, 3.05) is 5.32 Å². The molecular formula is C19H16F3NO3. The highest BCUT2D eigenvalue weighted by atomic mass is 19.2. The highest BCUT2D eigenvalue weighted by Crippen LogP contribution is 2.20. The molecule has 7 heteroatoms. The van der Waals surface area contributed by atoms with Gasteiger partial charge in [-0.25, -0.2) is 18.0 Å². The number of halogens is 3. The fraction of sp³-hybridized carbons (Fsp3) is 0.158. The molecule has 0 aliphatic carbocycles. The summed E-state index contributed by atoms with van der Waals surface area (Å²) in [5.41, 5.74) is 1.25. The average Bonchev–Trinajstić information content (AvgIpc) is 2.60. The van der Waals surface area contributed by atoms with Gasteiger partial charge >= 0.3 is 5.97 Å². The number of benzene rings is 2. The first-order valence-corrected chi connectivity index (χ1v) is 7.67. The van der Waals surface area contributed by atoms with Crippen molar-refractivity contribution in [1.29, 1.82) is 0 Å². The Balaban J connectivity index is 1.96. The highest BCUT2D eigenvalue weighted by Gasteiger charge is 2.20. The van der Waals surface area contributed by atoms with Gasteiger partial charge in [-0.05, 0) is 37.6 Å². The van der Waals surface area contributed by atoms with Gasteiger partial charge in [-0.2, -0.15) is 0 Å². The highest BCUT2D eigenvalue weighted by molar-refractivity contribution is 5.96. The number of carbonyl (C=O) groups is 2. The Morgan fingerprint density at radius 1 is 1.12 bits per heavy atom. The van der Waals surface area contributed by atoms with Gasteiger partial charge in [0.2, 0.25) is 0 Å². The molecule has 0 aliphatic heterocycles. The van der Waals surface area contributed by atoms with Gasteiger partial charge in [0, 0.05) is 6.08 Å². The normalized spacial score (nSPS) is 12.0. The Bertz CT molecular complexity index is 865. The molecule has 0 heterocycles. The molecule has 0 radical (unpaired) electrons. The van der Waals surface area contributed by atoms with Crippen molar-refractivity contribution in [1.82, 2.24) is 0 Å². The van der Waals surface area contributed by atoms with E-state index in [1.54, 1.807) is 6.07 Å². The summed E-state index contributed by atoms with van der Waals surface area (Å²) in [4.78, 5) is 23.7. The number of hydrogen-bond acceptors (Lipinski definition) is 3. The molecule has 1 N–H and O–H groups in total. The second-order valence-corrected chi connectivity index (χ2v) is 5.54. The summed E-state index contributed by atoms with van der Waals surface area (Å²) in [5.74, 6) is -6.27. The standard InChI is InChI=1S/C19H16F3NO3/c1-11-4-3-5-13(10-11)6-9-16(24)26-12(2)19(25)23-15-8-7-14(20)17(21)18(15)22/h3-10,12H,1-2H3,(H,23,25)/b9-6+/t12-/m0/s1. The minimum atomic E-state index is -1.70. The van der Waals surface area contributed by atoms with Crippen LogP contribution in [0.15, 0.2) is 42.5 Å². The number of carbonyl (C=O) groups excluding carboxylic acids is 2. The molecule has 0 saturated heterocycles. The Kier molecular flexibility index (Phi) is 6.16. The number of rotatable bonds is 5. The van der Waals surface area contributed by atoms with Crippen molar-refractivity contribution in [3.05, 3.63) is 71.1 Å². The molecule has 0 unspecified atom stereocenters. The molecule has 0 aliphatic rings. The van der Waals surface area contributed by atoms with E-state index in [2.05, 4.69) is 0 Å². The van der Waals surface area contributed by atoms with Crippen LogP contribution in [0.25, 0.3) is 6.08 Å². The maximum absolute atomic E-state index is 13.5. The van der Waals surface area contributed by atoms with Gasteiger partial charge in [-0.3, -0.25) is 4.79 Å². The van der Waals surface area contributed by atoms with Crippen LogP contribution in [0, 0.1) is 24.4 Å². The number of amides is 1. The topological polar surface area (TPSA) is 55.4 Å². The van der Waals surface area contributed by atoms with Crippen LogP contribution in [0.1, 0.15) is 18.1 Å². The lowest BCUT2D eigenvalue weighted by atomic mass is 10.1. The Labute approximate surface area is 148 Å². The van der Waals surface area contributed by atoms with E-state index in [1.807, 2.05) is 30.4 Å². The molecule has 4 nitrogen and oxygen atoms in total. The maximum atomic E-state index is 13.5. The molecule has 1 atom stereocenters. The first kappa shape index (κ1) is 19.2. The quantitative estimate of drug-likeness (QED) is 0.496. The van der Waals surface area contributed by atoms with Gasteiger partial charge < -0.3 is 10.1 Å². The summed E-state index contributed by atoms with van der Waals surface area (Å²) in [5, 5.41) is 2.04. The Morgan fingerprint density at radius 2 is 1.85 bits per heavy atom. The summed E-state index contributed by atoms with van der Waals surface area (Å²) in [6.07, 6.45) is 1.41. The third-order valence-electron chi connectivity index (χ3n) is 3.41. The third-order valence-corrected chi connectivity index (χ3v) is 3.41. The van der Waals surface area contributed by atoms with Gasteiger partial charge in [-0.1, -0.05) is 29.8 Å². The molecular weight excluding hydrogens is 347 g/mol. The molecule has 0 bridgehead atoms. The first-order chi connectivity index (χ1) is 12.3. The van der Waals surface area contributed by atoms with Crippen LogP contribution < -0.4 is 5.32 Å². The zero-order valence-corrected chi connectivity index (χ0v) is 14.1. The Hall–Kier alpha value is -3.09. The van der Waals surface area contributed by atoms with Crippen molar-refractivity contribution in [2.24, 2.45) is 0 Å². The van der Waals surface area contributed by atoms with Gasteiger partial charge in [0.05, 0.1) is 5.69 Å². The molecule has 0 spiro atoms. The van der Waals surface area contributed by atoms with E-state index < -0.39 is 41.1 Å². The second-order valence-electron chi connectivity index (χ2n) is 5.54. The number of aryl methyl sites for hydroxylation is 1. The lowest BCUT2D eigenvalue weighted by Crippen LogP contribution is -2.29. The summed E-state index contributed by atoms with van der Waals surface area (Å²) in [6.45, 7) is 3.17. The SMILES string of the molecule is Cc1cccc(/C=C/C(=O)O[C@@H](C)C(=O)Nc2ccc(F)c(F)c2F)c1. The lowest BCUT2D eigenvalue weighted by Gasteiger charge is -2.13. The predicted octanol–water partition coefficient (Wildman–Crippen LogP) is 4.00. The van der Waals surface area contributed by atoms with Crippen LogP contribution in [0.2, 0.25) is 0 Å². The van der Waals surface area contributed by atoms with Crippen molar-refractivity contribution >= 4 is 23.6 Å². The number of hydrogen-bond donors (Lipinski definition) is 1. The van der Waals surface area contributed by atoms with Crippen LogP contribution in [-0.2, 0) is 14.3 Å². The average molecular weight is 363 g/mol. The molecule has 2 aromatic rings. The first-order valence-electron chi connectivity index (χ1n) is 7.67. The van der Waals surface area contributed by atoms with E-state index in [0.717, 1.165) is 23.3 Å². The van der Waals surface area contributed by atoms with Crippen molar-refractivity contribution < 1.29 is 27.5 Å². The van der Waals surface area contributed by atoms with E-state index in [0.29, 0.717) is 6.07 Å². The molecule has 0 aromatic heterocycles. The van der Waals surface area contributed by atoms with Crippen LogP contribution in [-0.4, -0.2) is 18.0 Å². The van der Waals surface area contributed by atoms with Crippen LogP contribution in [0.4, 0.5) is 18.9 Å². The van der Waals surface area contributed by atoms with Gasteiger partial charge in [0.25, 0.3) is 5.91 Å². The summed E-state index contributed by atoms with van der Waals surface area (Å²) < 4.78 is 44.5. The summed E-state index contributed by atoms with van der Waals surface area (Å²) in [6, 6.07) is 8.92. The van der Waals surface area contributed by atoms with Crippen LogP contribution in [0.3, 0.4) is 0 Å². The van der Waals surface area contributed by atoms with E-state index >= 15 is 0 Å². The van der Waals surface area contributed by atoms with Crippen molar-refractivity contribution in [2.45, 2.75) is 20.0 Å². The van der Waals surface area contributed by atoms with Crippen LogP contribution in [0.5, 0.6) is 0 Å². The van der Waals surface area contributed by atoms with Crippen molar-refractivity contribution in [3.63, 3.8) is 0 Å². The van der Waals surface area contributed by atoms with E-state index in [1.165, 1.54) is 13.0 Å². The third kappa shape index (κ3) is 4.95. The number of anilines is 1. The largest absolute Gasteiger partial charge is 0.449 e. The smallest absolute Gasteiger partial charge is 0.331 e. The molecule has 0 saturated carbocycles. The lowest BCUT2D eigenvalue weighted by molar-refractivity contribution is -0.148. The fourth-order valence-corrected chi connectivity index (χ4v) is 2.06. The second kappa shape index (κ2) is 8.33. The van der Waals surface area contributed by atoms with Gasteiger partial charge in [-0.15, -0.1) is 0 Å². The van der Waals surface area contributed by atoms with Gasteiger partial charge in [0.1, 0.15) is 0 Å². The Morgan fingerprint density at radius 3 is 2.54 bits per heavy atom. The molecule has 26 heavy (non-hydrogen) atoms. The molecule has 136 valence electrons. The zero-order chi connectivity index (χ0) is 19.3. The van der Waals surface area contributed by atoms with E-state index in [4.69, 9.17) is 4.74 Å². The van der Waals surface area contributed by atoms with Gasteiger partial charge in [0.15, 0.2) is 23.6 Å². The summed E-state index contributed by atoms with van der Waals surface area (Å²) >= 11 is 0. The zero-order valence-electron chi connectivity index (χ0n) is 14.1.